The number of carbonyl (C=O) groups is 2. The molecule has 1 unspecified atom stereocenters. The van der Waals surface area contributed by atoms with Gasteiger partial charge >= 0.3 is 5.97 Å². The van der Waals surface area contributed by atoms with E-state index in [1.807, 2.05) is 45.9 Å². The van der Waals surface area contributed by atoms with Crippen molar-refractivity contribution in [2.24, 2.45) is 5.92 Å². The highest BCUT2D eigenvalue weighted by Crippen LogP contribution is 2.28. The van der Waals surface area contributed by atoms with Crippen molar-refractivity contribution >= 4 is 39.1 Å². The van der Waals surface area contributed by atoms with Crippen LogP contribution < -0.4 is 10.9 Å². The summed E-state index contributed by atoms with van der Waals surface area (Å²) >= 11 is 1.14. The van der Waals surface area contributed by atoms with E-state index in [-0.39, 0.29) is 17.4 Å². The first-order valence-corrected chi connectivity index (χ1v) is 12.1. The number of benzene rings is 1. The summed E-state index contributed by atoms with van der Waals surface area (Å²) in [4.78, 5) is 44.1. The number of fused-ring (bicyclic) bond motifs is 1. The number of thiophene rings is 1. The van der Waals surface area contributed by atoms with Crippen molar-refractivity contribution < 1.29 is 14.3 Å². The minimum atomic E-state index is -0.778. The van der Waals surface area contributed by atoms with Gasteiger partial charge in [0.05, 0.1) is 18.3 Å². The molecule has 0 aliphatic heterocycles. The number of esters is 1. The summed E-state index contributed by atoms with van der Waals surface area (Å²) in [5.74, 6) is -0.535. The Hall–Kier alpha value is -3.00. The number of aromatic nitrogens is 2. The van der Waals surface area contributed by atoms with Crippen LogP contribution in [0.5, 0.6) is 0 Å². The van der Waals surface area contributed by atoms with Crippen molar-refractivity contribution in [3.63, 3.8) is 0 Å². The molecule has 1 amide bonds. The van der Waals surface area contributed by atoms with Crippen LogP contribution in [0.25, 0.3) is 10.2 Å². The lowest BCUT2D eigenvalue weighted by molar-refractivity contribution is -0.118. The van der Waals surface area contributed by atoms with E-state index in [0.717, 1.165) is 41.0 Å². The van der Waals surface area contributed by atoms with Crippen LogP contribution in [0.1, 0.15) is 67.0 Å². The molecule has 3 aromatic rings. The van der Waals surface area contributed by atoms with E-state index in [0.29, 0.717) is 27.3 Å². The quantitative estimate of drug-likeness (QED) is 0.474. The van der Waals surface area contributed by atoms with Crippen LogP contribution in [0, 0.1) is 12.8 Å². The van der Waals surface area contributed by atoms with E-state index < -0.39 is 12.0 Å². The SMILES string of the molecule is CCc1cccc(CC)c1NC(=O)C(C)n1cnc2sc(C(=O)OCC(C)C)c(C)c2c1=O. The second-order valence-corrected chi connectivity index (χ2v) is 9.51. The highest BCUT2D eigenvalue weighted by molar-refractivity contribution is 7.20. The number of hydrogen-bond acceptors (Lipinski definition) is 6. The molecule has 33 heavy (non-hydrogen) atoms. The topological polar surface area (TPSA) is 90.3 Å². The summed E-state index contributed by atoms with van der Waals surface area (Å²) < 4.78 is 6.66. The molecule has 0 aliphatic carbocycles. The normalized spacial score (nSPS) is 12.2. The van der Waals surface area contributed by atoms with E-state index in [9.17, 15) is 14.4 Å². The Balaban J connectivity index is 1.94. The maximum atomic E-state index is 13.3. The molecule has 7 nitrogen and oxygen atoms in total. The summed E-state index contributed by atoms with van der Waals surface area (Å²) in [7, 11) is 0. The van der Waals surface area contributed by atoms with Gasteiger partial charge in [0.15, 0.2) is 0 Å². The Morgan fingerprint density at radius 2 is 1.79 bits per heavy atom. The summed E-state index contributed by atoms with van der Waals surface area (Å²) in [6.45, 7) is 11.7. The molecule has 0 bridgehead atoms. The maximum Gasteiger partial charge on any atom is 0.348 e. The number of para-hydroxylation sites is 1. The lowest BCUT2D eigenvalue weighted by atomic mass is 10.0. The lowest BCUT2D eigenvalue weighted by Gasteiger charge is -2.18. The molecule has 2 aromatic heterocycles. The van der Waals surface area contributed by atoms with E-state index in [2.05, 4.69) is 10.3 Å². The standard InChI is InChI=1S/C25H31N3O4S/c1-7-17-10-9-11-18(8-2)20(17)27-22(29)16(6)28-13-26-23-19(24(28)30)15(5)21(33-23)25(31)32-12-14(3)4/h9-11,13-14,16H,7-8,12H2,1-6H3,(H,27,29). The lowest BCUT2D eigenvalue weighted by Crippen LogP contribution is -2.32. The van der Waals surface area contributed by atoms with Gasteiger partial charge in [0, 0.05) is 5.69 Å². The van der Waals surface area contributed by atoms with Gasteiger partial charge in [0.1, 0.15) is 15.7 Å². The zero-order valence-corrected chi connectivity index (χ0v) is 20.8. The highest BCUT2D eigenvalue weighted by Gasteiger charge is 2.24. The predicted molar refractivity (Wildman–Crippen MR) is 132 cm³/mol. The third-order valence-electron chi connectivity index (χ3n) is 5.65. The second-order valence-electron chi connectivity index (χ2n) is 8.51. The zero-order valence-electron chi connectivity index (χ0n) is 20.0. The molecule has 2 heterocycles. The third-order valence-corrected chi connectivity index (χ3v) is 6.83. The van der Waals surface area contributed by atoms with E-state index in [1.54, 1.807) is 13.8 Å². The van der Waals surface area contributed by atoms with Crippen LogP contribution >= 0.6 is 11.3 Å². The van der Waals surface area contributed by atoms with Crippen LogP contribution in [0.15, 0.2) is 29.3 Å². The number of carbonyl (C=O) groups excluding carboxylic acids is 2. The van der Waals surface area contributed by atoms with Crippen molar-refractivity contribution in [3.8, 4) is 0 Å². The zero-order chi connectivity index (χ0) is 24.3. The highest BCUT2D eigenvalue weighted by atomic mass is 32.1. The third kappa shape index (κ3) is 5.00. The van der Waals surface area contributed by atoms with Crippen molar-refractivity contribution in [2.45, 2.75) is 60.4 Å². The summed E-state index contributed by atoms with van der Waals surface area (Å²) in [6, 6.07) is 5.20. The monoisotopic (exact) mass is 469 g/mol. The van der Waals surface area contributed by atoms with Crippen molar-refractivity contribution in [1.82, 2.24) is 9.55 Å². The number of aryl methyl sites for hydroxylation is 3. The van der Waals surface area contributed by atoms with Gasteiger partial charge in [-0.1, -0.05) is 45.9 Å². The Bertz CT molecular complexity index is 1220. The second kappa shape index (κ2) is 10.3. The van der Waals surface area contributed by atoms with Gasteiger partial charge in [-0.3, -0.25) is 14.2 Å². The summed E-state index contributed by atoms with van der Waals surface area (Å²) in [5, 5.41) is 3.37. The van der Waals surface area contributed by atoms with Gasteiger partial charge in [0.2, 0.25) is 5.91 Å². The Morgan fingerprint density at radius 3 is 2.36 bits per heavy atom. The van der Waals surface area contributed by atoms with Crippen LogP contribution in [0.2, 0.25) is 0 Å². The average Bonchev–Trinajstić information content (AvgIpc) is 3.14. The first-order chi connectivity index (χ1) is 15.7. The molecule has 1 N–H and O–H groups in total. The molecule has 0 saturated carbocycles. The van der Waals surface area contributed by atoms with E-state index in [4.69, 9.17) is 4.74 Å². The van der Waals surface area contributed by atoms with Crippen molar-refractivity contribution in [2.75, 3.05) is 11.9 Å². The van der Waals surface area contributed by atoms with Gasteiger partial charge < -0.3 is 10.1 Å². The summed E-state index contributed by atoms with van der Waals surface area (Å²) in [5.41, 5.74) is 3.10. The molecule has 0 fully saturated rings. The van der Waals surface area contributed by atoms with Gasteiger partial charge in [-0.15, -0.1) is 11.3 Å². The van der Waals surface area contributed by atoms with Gasteiger partial charge in [-0.25, -0.2) is 9.78 Å². The van der Waals surface area contributed by atoms with Crippen molar-refractivity contribution in [1.29, 1.82) is 0 Å². The Morgan fingerprint density at radius 1 is 1.15 bits per heavy atom. The number of anilines is 1. The molecular weight excluding hydrogens is 438 g/mol. The molecule has 1 atom stereocenters. The molecule has 0 spiro atoms. The molecule has 176 valence electrons. The fraction of sp³-hybridized carbons (Fsp3) is 0.440. The van der Waals surface area contributed by atoms with Gasteiger partial charge in [-0.05, 0) is 49.3 Å². The van der Waals surface area contributed by atoms with Gasteiger partial charge in [0.25, 0.3) is 5.56 Å². The number of rotatable bonds is 8. The fourth-order valence-corrected chi connectivity index (χ4v) is 4.71. The van der Waals surface area contributed by atoms with Crippen LogP contribution in [0.3, 0.4) is 0 Å². The number of ether oxygens (including phenoxy) is 1. The molecule has 3 rings (SSSR count). The predicted octanol–water partition coefficient (Wildman–Crippen LogP) is 4.90. The van der Waals surface area contributed by atoms with Crippen LogP contribution in [-0.2, 0) is 22.4 Å². The molecule has 8 heteroatoms. The molecular formula is C25H31N3O4S. The first-order valence-electron chi connectivity index (χ1n) is 11.3. The fourth-order valence-electron chi connectivity index (χ4n) is 3.67. The first kappa shape index (κ1) is 24.6. The van der Waals surface area contributed by atoms with Crippen LogP contribution in [-0.4, -0.2) is 28.0 Å². The van der Waals surface area contributed by atoms with Gasteiger partial charge in [-0.2, -0.15) is 0 Å². The number of nitrogens with zero attached hydrogens (tertiary/aromatic N) is 2. The number of hydrogen-bond donors (Lipinski definition) is 1. The summed E-state index contributed by atoms with van der Waals surface area (Å²) in [6.07, 6.45) is 2.95. The Kier molecular flexibility index (Phi) is 7.68. The molecule has 1 aromatic carbocycles. The van der Waals surface area contributed by atoms with Crippen molar-refractivity contribution in [3.05, 3.63) is 56.4 Å². The van der Waals surface area contributed by atoms with E-state index >= 15 is 0 Å². The van der Waals surface area contributed by atoms with Crippen LogP contribution in [0.4, 0.5) is 5.69 Å². The minimum Gasteiger partial charge on any atom is -0.461 e. The average molecular weight is 470 g/mol. The van der Waals surface area contributed by atoms with E-state index in [1.165, 1.54) is 10.9 Å². The molecule has 0 aliphatic rings. The Labute approximate surface area is 197 Å². The smallest absolute Gasteiger partial charge is 0.348 e. The maximum absolute atomic E-state index is 13.3. The number of amides is 1. The minimum absolute atomic E-state index is 0.212. The largest absolute Gasteiger partial charge is 0.461 e. The molecule has 0 saturated heterocycles. The molecule has 0 radical (unpaired) electrons. The number of nitrogens with one attached hydrogen (secondary N) is 1.